The Balaban J connectivity index is 1.95. The van der Waals surface area contributed by atoms with Gasteiger partial charge in [-0.3, -0.25) is 10.1 Å². The molecule has 23 heavy (non-hydrogen) atoms. The van der Waals surface area contributed by atoms with E-state index in [1.165, 1.54) is 43.4 Å². The second-order valence-corrected chi connectivity index (χ2v) is 4.37. The van der Waals surface area contributed by atoms with Gasteiger partial charge in [-0.05, 0) is 36.4 Å². The normalized spacial score (nSPS) is 10.0. The van der Waals surface area contributed by atoms with Crippen LogP contribution in [0.1, 0.15) is 10.6 Å². The molecule has 0 saturated heterocycles. The van der Waals surface area contributed by atoms with Crippen molar-refractivity contribution >= 4 is 17.9 Å². The summed E-state index contributed by atoms with van der Waals surface area (Å²) in [5.41, 5.74) is 0.586. The van der Waals surface area contributed by atoms with Crippen LogP contribution < -0.4 is 10.6 Å². The van der Waals surface area contributed by atoms with Gasteiger partial charge in [0.15, 0.2) is 6.61 Å². The molecule has 0 unspecified atom stereocenters. The largest absolute Gasteiger partial charge is 0.450 e. The maximum atomic E-state index is 12.9. The van der Waals surface area contributed by atoms with Crippen molar-refractivity contribution in [3.63, 3.8) is 0 Å². The molecule has 0 fully saturated rings. The van der Waals surface area contributed by atoms with E-state index >= 15 is 0 Å². The van der Waals surface area contributed by atoms with E-state index in [4.69, 9.17) is 9.15 Å². The van der Waals surface area contributed by atoms with Gasteiger partial charge in [0.25, 0.3) is 5.91 Å². The summed E-state index contributed by atoms with van der Waals surface area (Å²) in [5.74, 6) is -1.78. The fourth-order valence-corrected chi connectivity index (χ4v) is 1.64. The van der Waals surface area contributed by atoms with Gasteiger partial charge in [0.05, 0.1) is 0 Å². The fraction of sp³-hybridized carbons (Fsp3) is 0.133. The molecule has 8 heteroatoms. The molecule has 0 aliphatic rings. The number of carbonyl (C=O) groups is 3. The molecule has 0 saturated carbocycles. The first-order chi connectivity index (χ1) is 11.0. The van der Waals surface area contributed by atoms with Crippen molar-refractivity contribution in [1.82, 2.24) is 10.6 Å². The van der Waals surface area contributed by atoms with Crippen LogP contribution in [0.15, 0.2) is 40.8 Å². The van der Waals surface area contributed by atoms with Gasteiger partial charge in [0.1, 0.15) is 11.6 Å². The number of carbonyl (C=O) groups excluding carboxylic acids is 3. The van der Waals surface area contributed by atoms with E-state index in [0.29, 0.717) is 11.3 Å². The molecular formula is C15H13FN2O5. The standard InChI is InChI=1S/C15H13FN2O5/c1-17-15(21)18-13(19)8-22-14(20)12-7-6-11(23-12)9-2-4-10(16)5-3-9/h2-7H,8H2,1H3,(H2,17,18,19,21). The lowest BCUT2D eigenvalue weighted by molar-refractivity contribution is -0.123. The van der Waals surface area contributed by atoms with Crippen molar-refractivity contribution in [2.75, 3.05) is 13.7 Å². The third-order valence-electron chi connectivity index (χ3n) is 2.75. The van der Waals surface area contributed by atoms with E-state index in [2.05, 4.69) is 5.32 Å². The Morgan fingerprint density at radius 3 is 2.48 bits per heavy atom. The molecule has 120 valence electrons. The van der Waals surface area contributed by atoms with Crippen molar-refractivity contribution in [3.05, 3.63) is 48.0 Å². The molecule has 0 radical (unpaired) electrons. The van der Waals surface area contributed by atoms with E-state index in [0.717, 1.165) is 0 Å². The van der Waals surface area contributed by atoms with E-state index in [9.17, 15) is 18.8 Å². The summed E-state index contributed by atoms with van der Waals surface area (Å²) in [6.07, 6.45) is 0. The van der Waals surface area contributed by atoms with Crippen LogP contribution in [0, 0.1) is 5.82 Å². The van der Waals surface area contributed by atoms with Crippen molar-refractivity contribution in [2.24, 2.45) is 0 Å². The van der Waals surface area contributed by atoms with Crippen LogP contribution in [0.5, 0.6) is 0 Å². The van der Waals surface area contributed by atoms with E-state index in [-0.39, 0.29) is 11.6 Å². The molecule has 0 bridgehead atoms. The van der Waals surface area contributed by atoms with Crippen LogP contribution in [0.3, 0.4) is 0 Å². The molecule has 2 N–H and O–H groups in total. The highest BCUT2D eigenvalue weighted by molar-refractivity contribution is 5.96. The molecule has 1 aromatic heterocycles. The molecule has 0 aliphatic carbocycles. The van der Waals surface area contributed by atoms with Crippen LogP contribution in [-0.4, -0.2) is 31.6 Å². The van der Waals surface area contributed by atoms with Gasteiger partial charge in [-0.15, -0.1) is 0 Å². The minimum Gasteiger partial charge on any atom is -0.450 e. The van der Waals surface area contributed by atoms with Gasteiger partial charge in [-0.2, -0.15) is 0 Å². The van der Waals surface area contributed by atoms with Crippen LogP contribution in [0.25, 0.3) is 11.3 Å². The zero-order chi connectivity index (χ0) is 16.8. The van der Waals surface area contributed by atoms with E-state index in [1.54, 1.807) is 0 Å². The minimum absolute atomic E-state index is 0.114. The summed E-state index contributed by atoms with van der Waals surface area (Å²) in [5, 5.41) is 4.12. The lowest BCUT2D eigenvalue weighted by atomic mass is 10.2. The number of hydrogen-bond acceptors (Lipinski definition) is 5. The maximum Gasteiger partial charge on any atom is 0.374 e. The second-order valence-electron chi connectivity index (χ2n) is 4.37. The second kappa shape index (κ2) is 7.21. The lowest BCUT2D eigenvalue weighted by Gasteiger charge is -2.03. The number of halogens is 1. The molecule has 2 rings (SSSR count). The maximum absolute atomic E-state index is 12.9. The van der Waals surface area contributed by atoms with Gasteiger partial charge in [0.2, 0.25) is 5.76 Å². The van der Waals surface area contributed by atoms with Crippen molar-refractivity contribution < 1.29 is 27.9 Å². The molecule has 7 nitrogen and oxygen atoms in total. The summed E-state index contributed by atoms with van der Waals surface area (Å²) in [6.45, 7) is -0.626. The molecule has 1 heterocycles. The van der Waals surface area contributed by atoms with Crippen LogP contribution in [0.4, 0.5) is 9.18 Å². The number of benzene rings is 1. The topological polar surface area (TPSA) is 97.6 Å². The summed E-state index contributed by atoms with van der Waals surface area (Å²) >= 11 is 0. The fourth-order valence-electron chi connectivity index (χ4n) is 1.64. The first kappa shape index (κ1) is 16.2. The molecule has 0 atom stereocenters. The average Bonchev–Trinajstić information content (AvgIpc) is 3.03. The average molecular weight is 320 g/mol. The first-order valence-electron chi connectivity index (χ1n) is 6.54. The van der Waals surface area contributed by atoms with E-state index in [1.807, 2.05) is 5.32 Å². The van der Waals surface area contributed by atoms with Crippen LogP contribution >= 0.6 is 0 Å². The van der Waals surface area contributed by atoms with Crippen LogP contribution in [0.2, 0.25) is 0 Å². The molecule has 1 aromatic carbocycles. The Morgan fingerprint density at radius 2 is 1.83 bits per heavy atom. The number of furan rings is 1. The first-order valence-corrected chi connectivity index (χ1v) is 6.54. The third kappa shape index (κ3) is 4.40. The van der Waals surface area contributed by atoms with Crippen molar-refractivity contribution in [3.8, 4) is 11.3 Å². The number of ether oxygens (including phenoxy) is 1. The number of imide groups is 1. The summed E-state index contributed by atoms with van der Waals surface area (Å²) in [6, 6.07) is 7.71. The number of urea groups is 1. The summed E-state index contributed by atoms with van der Waals surface area (Å²) in [4.78, 5) is 33.9. The third-order valence-corrected chi connectivity index (χ3v) is 2.75. The van der Waals surface area contributed by atoms with Crippen molar-refractivity contribution in [1.29, 1.82) is 0 Å². The smallest absolute Gasteiger partial charge is 0.374 e. The summed E-state index contributed by atoms with van der Waals surface area (Å²) < 4.78 is 22.9. The highest BCUT2D eigenvalue weighted by Crippen LogP contribution is 2.22. The Kier molecular flexibility index (Phi) is 5.08. The predicted molar refractivity (Wildman–Crippen MR) is 77.0 cm³/mol. The van der Waals surface area contributed by atoms with Gasteiger partial charge in [-0.1, -0.05) is 0 Å². The monoisotopic (exact) mass is 320 g/mol. The Labute approximate surface area is 130 Å². The molecule has 2 aromatic rings. The Morgan fingerprint density at radius 1 is 1.13 bits per heavy atom. The van der Waals surface area contributed by atoms with Crippen molar-refractivity contribution in [2.45, 2.75) is 0 Å². The molecule has 0 spiro atoms. The Hall–Kier alpha value is -3.16. The zero-order valence-corrected chi connectivity index (χ0v) is 12.1. The summed E-state index contributed by atoms with van der Waals surface area (Å²) in [7, 11) is 1.34. The molecule has 0 aliphatic heterocycles. The van der Waals surface area contributed by atoms with Gasteiger partial charge < -0.3 is 14.5 Å². The lowest BCUT2D eigenvalue weighted by Crippen LogP contribution is -2.39. The molecular weight excluding hydrogens is 307 g/mol. The van der Waals surface area contributed by atoms with E-state index < -0.39 is 24.5 Å². The predicted octanol–water partition coefficient (Wildman–Crippen LogP) is 1.70. The number of rotatable bonds is 4. The van der Waals surface area contributed by atoms with Gasteiger partial charge in [-0.25, -0.2) is 14.0 Å². The van der Waals surface area contributed by atoms with Gasteiger partial charge >= 0.3 is 12.0 Å². The van der Waals surface area contributed by atoms with Crippen LogP contribution in [-0.2, 0) is 9.53 Å². The number of hydrogen-bond donors (Lipinski definition) is 2. The molecule has 3 amide bonds. The number of esters is 1. The van der Waals surface area contributed by atoms with Gasteiger partial charge in [0, 0.05) is 12.6 Å². The minimum atomic E-state index is -0.856. The Bertz CT molecular complexity index is 724. The quantitative estimate of drug-likeness (QED) is 0.836. The number of amides is 3. The number of nitrogens with one attached hydrogen (secondary N) is 2. The highest BCUT2D eigenvalue weighted by Gasteiger charge is 2.16. The highest BCUT2D eigenvalue weighted by atomic mass is 19.1. The zero-order valence-electron chi connectivity index (χ0n) is 12.1. The SMILES string of the molecule is CNC(=O)NC(=O)COC(=O)c1ccc(-c2ccc(F)cc2)o1.